The number of furan rings is 1. The van der Waals surface area contributed by atoms with Gasteiger partial charge in [0.15, 0.2) is 5.76 Å². The van der Waals surface area contributed by atoms with E-state index >= 15 is 0 Å². The number of amides is 1. The molecule has 2 heterocycles. The Morgan fingerprint density at radius 3 is 2.65 bits per heavy atom. The average Bonchev–Trinajstić information content (AvgIpc) is 3.30. The number of benzene rings is 1. The number of rotatable bonds is 6. The average molecular weight is 394 g/mol. The molecule has 0 aliphatic rings. The Morgan fingerprint density at radius 1 is 1.15 bits per heavy atom. The number of hydrogen-bond acceptors (Lipinski definition) is 5. The fourth-order valence-electron chi connectivity index (χ4n) is 2.22. The minimum absolute atomic E-state index is 0.0443. The van der Waals surface area contributed by atoms with Crippen molar-refractivity contribution in [1.82, 2.24) is 10.0 Å². The van der Waals surface area contributed by atoms with E-state index in [9.17, 15) is 17.6 Å². The van der Waals surface area contributed by atoms with Crippen molar-refractivity contribution < 1.29 is 22.0 Å². The van der Waals surface area contributed by atoms with Crippen LogP contribution in [0.4, 0.5) is 4.39 Å². The summed E-state index contributed by atoms with van der Waals surface area (Å²) in [6.07, 6.45) is 0. The SMILES string of the molecule is CNS(=O)(=O)c1ccc(CNC(=O)c2ccc(-c3ccccc3F)o2)s1. The molecular weight excluding hydrogens is 379 g/mol. The standard InChI is InChI=1S/C17H15FN2O4S2/c1-19-26(22,23)16-9-6-11(25-16)10-20-17(21)15-8-7-14(24-15)12-4-2-3-5-13(12)18/h2-9,19H,10H2,1H3,(H,20,21). The van der Waals surface area contributed by atoms with Gasteiger partial charge in [0.1, 0.15) is 15.8 Å². The quantitative estimate of drug-likeness (QED) is 0.673. The van der Waals surface area contributed by atoms with Crippen LogP contribution in [0.25, 0.3) is 11.3 Å². The van der Waals surface area contributed by atoms with Crippen molar-refractivity contribution >= 4 is 27.3 Å². The van der Waals surface area contributed by atoms with Crippen LogP contribution in [0, 0.1) is 5.82 Å². The van der Waals surface area contributed by atoms with Crippen LogP contribution in [0.5, 0.6) is 0 Å². The number of carbonyl (C=O) groups is 1. The van der Waals surface area contributed by atoms with E-state index < -0.39 is 21.7 Å². The molecule has 3 aromatic rings. The molecule has 2 aromatic heterocycles. The lowest BCUT2D eigenvalue weighted by Gasteiger charge is -2.02. The van der Waals surface area contributed by atoms with Crippen LogP contribution in [-0.4, -0.2) is 21.4 Å². The van der Waals surface area contributed by atoms with Crippen molar-refractivity contribution in [2.24, 2.45) is 0 Å². The number of thiophene rings is 1. The van der Waals surface area contributed by atoms with Gasteiger partial charge in [-0.05, 0) is 43.4 Å². The first-order valence-corrected chi connectivity index (χ1v) is 9.86. The van der Waals surface area contributed by atoms with Crippen molar-refractivity contribution in [2.75, 3.05) is 7.05 Å². The molecule has 0 bridgehead atoms. The van der Waals surface area contributed by atoms with Crippen molar-refractivity contribution in [3.63, 3.8) is 0 Å². The highest BCUT2D eigenvalue weighted by atomic mass is 32.2. The smallest absolute Gasteiger partial charge is 0.287 e. The Labute approximate surface area is 153 Å². The zero-order chi connectivity index (χ0) is 18.7. The molecule has 0 radical (unpaired) electrons. The normalized spacial score (nSPS) is 11.5. The van der Waals surface area contributed by atoms with Crippen LogP contribution < -0.4 is 10.0 Å². The van der Waals surface area contributed by atoms with Gasteiger partial charge in [-0.25, -0.2) is 17.5 Å². The summed E-state index contributed by atoms with van der Waals surface area (Å²) in [5, 5.41) is 2.65. The third-order valence-corrected chi connectivity index (χ3v) is 6.55. The topological polar surface area (TPSA) is 88.4 Å². The Kier molecular flexibility index (Phi) is 5.21. The van der Waals surface area contributed by atoms with Gasteiger partial charge in [0.05, 0.1) is 12.1 Å². The van der Waals surface area contributed by atoms with Crippen LogP contribution in [-0.2, 0) is 16.6 Å². The molecule has 3 rings (SSSR count). The van der Waals surface area contributed by atoms with E-state index in [2.05, 4.69) is 10.0 Å². The summed E-state index contributed by atoms with van der Waals surface area (Å²) < 4.78 is 45.0. The molecule has 0 atom stereocenters. The number of sulfonamides is 1. The Balaban J connectivity index is 1.67. The molecular formula is C17H15FN2O4S2. The first-order valence-electron chi connectivity index (χ1n) is 7.56. The number of halogens is 1. The molecule has 0 saturated carbocycles. The van der Waals surface area contributed by atoms with Gasteiger partial charge in [-0.15, -0.1) is 11.3 Å². The molecule has 26 heavy (non-hydrogen) atoms. The van der Waals surface area contributed by atoms with Gasteiger partial charge in [0.25, 0.3) is 5.91 Å². The van der Waals surface area contributed by atoms with Crippen LogP contribution in [0.2, 0.25) is 0 Å². The summed E-state index contributed by atoms with van der Waals surface area (Å²) in [5.74, 6) is -0.612. The molecule has 9 heteroatoms. The maximum atomic E-state index is 13.8. The van der Waals surface area contributed by atoms with Crippen molar-refractivity contribution in [3.05, 3.63) is 65.0 Å². The highest BCUT2D eigenvalue weighted by Crippen LogP contribution is 2.25. The number of carbonyl (C=O) groups excluding carboxylic acids is 1. The monoisotopic (exact) mass is 394 g/mol. The maximum absolute atomic E-state index is 13.8. The van der Waals surface area contributed by atoms with E-state index in [1.807, 2.05) is 0 Å². The summed E-state index contributed by atoms with van der Waals surface area (Å²) >= 11 is 1.06. The Morgan fingerprint density at radius 2 is 1.92 bits per heavy atom. The molecule has 2 N–H and O–H groups in total. The molecule has 0 spiro atoms. The van der Waals surface area contributed by atoms with Gasteiger partial charge < -0.3 is 9.73 Å². The lowest BCUT2D eigenvalue weighted by molar-refractivity contribution is 0.0924. The van der Waals surface area contributed by atoms with Crippen LogP contribution in [0.15, 0.2) is 57.2 Å². The third kappa shape index (κ3) is 3.85. The van der Waals surface area contributed by atoms with E-state index in [4.69, 9.17) is 4.42 Å². The molecule has 0 fully saturated rings. The molecule has 0 unspecified atom stereocenters. The molecule has 1 aromatic carbocycles. The van der Waals surface area contributed by atoms with E-state index in [1.54, 1.807) is 24.3 Å². The minimum atomic E-state index is -3.50. The van der Waals surface area contributed by atoms with E-state index in [1.165, 1.54) is 31.3 Å². The predicted molar refractivity (Wildman–Crippen MR) is 95.8 cm³/mol. The number of nitrogens with one attached hydrogen (secondary N) is 2. The highest BCUT2D eigenvalue weighted by molar-refractivity contribution is 7.91. The van der Waals surface area contributed by atoms with E-state index in [0.29, 0.717) is 4.88 Å². The van der Waals surface area contributed by atoms with Crippen LogP contribution in [0.1, 0.15) is 15.4 Å². The largest absolute Gasteiger partial charge is 0.451 e. The second-order valence-corrected chi connectivity index (χ2v) is 8.54. The van der Waals surface area contributed by atoms with Gasteiger partial charge >= 0.3 is 0 Å². The van der Waals surface area contributed by atoms with Crippen LogP contribution in [0.3, 0.4) is 0 Å². The van der Waals surface area contributed by atoms with Gasteiger partial charge in [0, 0.05) is 4.88 Å². The van der Waals surface area contributed by atoms with Crippen molar-refractivity contribution in [1.29, 1.82) is 0 Å². The fourth-order valence-corrected chi connectivity index (χ4v) is 4.35. The van der Waals surface area contributed by atoms with Crippen LogP contribution >= 0.6 is 11.3 Å². The summed E-state index contributed by atoms with van der Waals surface area (Å²) in [4.78, 5) is 12.9. The van der Waals surface area contributed by atoms with Gasteiger partial charge in [-0.1, -0.05) is 12.1 Å². The predicted octanol–water partition coefficient (Wildman–Crippen LogP) is 2.99. The van der Waals surface area contributed by atoms with Crippen molar-refractivity contribution in [2.45, 2.75) is 10.8 Å². The molecule has 136 valence electrons. The molecule has 0 saturated heterocycles. The lowest BCUT2D eigenvalue weighted by atomic mass is 10.1. The van der Waals surface area contributed by atoms with E-state index in [-0.39, 0.29) is 27.8 Å². The second-order valence-electron chi connectivity index (χ2n) is 5.25. The molecule has 0 aliphatic carbocycles. The lowest BCUT2D eigenvalue weighted by Crippen LogP contribution is -2.21. The van der Waals surface area contributed by atoms with Gasteiger partial charge in [0.2, 0.25) is 10.0 Å². The summed E-state index contributed by atoms with van der Waals surface area (Å²) in [5.41, 5.74) is 0.270. The fraction of sp³-hybridized carbons (Fsp3) is 0.118. The van der Waals surface area contributed by atoms with Gasteiger partial charge in [-0.3, -0.25) is 4.79 Å². The zero-order valence-corrected chi connectivity index (χ0v) is 15.3. The summed E-state index contributed by atoms with van der Waals surface area (Å²) in [6, 6.07) is 12.2. The van der Waals surface area contributed by atoms with E-state index in [0.717, 1.165) is 11.3 Å². The third-order valence-electron chi connectivity index (χ3n) is 3.56. The first-order chi connectivity index (χ1) is 12.4. The zero-order valence-electron chi connectivity index (χ0n) is 13.7. The second kappa shape index (κ2) is 7.40. The molecule has 1 amide bonds. The Bertz CT molecular complexity index is 1040. The summed E-state index contributed by atoms with van der Waals surface area (Å²) in [7, 11) is -2.16. The van der Waals surface area contributed by atoms with Crippen molar-refractivity contribution in [3.8, 4) is 11.3 Å². The first kappa shape index (κ1) is 18.3. The number of hydrogen-bond donors (Lipinski definition) is 2. The minimum Gasteiger partial charge on any atom is -0.451 e. The Hall–Kier alpha value is -2.49. The molecule has 6 nitrogen and oxygen atoms in total. The molecule has 0 aliphatic heterocycles. The summed E-state index contributed by atoms with van der Waals surface area (Å²) in [6.45, 7) is 0.151. The maximum Gasteiger partial charge on any atom is 0.287 e. The highest BCUT2D eigenvalue weighted by Gasteiger charge is 2.16. The van der Waals surface area contributed by atoms with Gasteiger partial charge in [-0.2, -0.15) is 0 Å².